The first-order chi connectivity index (χ1) is 9.25. The molecule has 3 rings (SSSR count). The molecule has 0 amide bonds. The third-order valence-electron chi connectivity index (χ3n) is 3.21. The molecule has 2 nitrogen and oxygen atoms in total. The van der Waals surface area contributed by atoms with Crippen molar-refractivity contribution in [3.05, 3.63) is 60.3 Å². The highest BCUT2D eigenvalue weighted by Gasteiger charge is 2.11. The molecule has 2 heteroatoms. The molecule has 0 unspecified atom stereocenters. The lowest BCUT2D eigenvalue weighted by atomic mass is 10.0. The molecule has 2 aromatic carbocycles. The Hall–Kier alpha value is -2.22. The highest BCUT2D eigenvalue weighted by atomic mass is 14.9. The van der Waals surface area contributed by atoms with Gasteiger partial charge in [-0.15, -0.1) is 0 Å². The average Bonchev–Trinajstić information content (AvgIpc) is 2.47. The van der Waals surface area contributed by atoms with Crippen LogP contribution in [-0.2, 0) is 0 Å². The first-order valence-corrected chi connectivity index (χ1v) is 6.58. The largest absolute Gasteiger partial charge is 0.232 e. The molecule has 0 atom stereocenters. The van der Waals surface area contributed by atoms with Gasteiger partial charge in [0.1, 0.15) is 0 Å². The second-order valence-corrected chi connectivity index (χ2v) is 4.97. The van der Waals surface area contributed by atoms with Crippen LogP contribution in [0.2, 0.25) is 0 Å². The molecule has 0 fully saturated rings. The van der Waals surface area contributed by atoms with Crippen LogP contribution in [0, 0.1) is 0 Å². The third kappa shape index (κ3) is 2.22. The SMILES string of the molecule is CC(C)c1nc(-c2ccccc2)nc2ccccc12. The van der Waals surface area contributed by atoms with E-state index in [1.54, 1.807) is 0 Å². The number of hydrogen-bond donors (Lipinski definition) is 0. The van der Waals surface area contributed by atoms with Gasteiger partial charge in [-0.25, -0.2) is 9.97 Å². The van der Waals surface area contributed by atoms with Gasteiger partial charge in [0.05, 0.1) is 11.2 Å². The second-order valence-electron chi connectivity index (χ2n) is 4.97. The number of para-hydroxylation sites is 1. The zero-order valence-corrected chi connectivity index (χ0v) is 11.2. The molecule has 3 aromatic rings. The molecule has 0 aliphatic rings. The van der Waals surface area contributed by atoms with Crippen LogP contribution in [0.4, 0.5) is 0 Å². The van der Waals surface area contributed by atoms with Crippen LogP contribution in [0.25, 0.3) is 22.3 Å². The van der Waals surface area contributed by atoms with Crippen LogP contribution in [-0.4, -0.2) is 9.97 Å². The van der Waals surface area contributed by atoms with Crippen molar-refractivity contribution in [2.75, 3.05) is 0 Å². The summed E-state index contributed by atoms with van der Waals surface area (Å²) in [7, 11) is 0. The maximum absolute atomic E-state index is 4.76. The van der Waals surface area contributed by atoms with Crippen molar-refractivity contribution in [2.24, 2.45) is 0 Å². The molecule has 0 saturated carbocycles. The van der Waals surface area contributed by atoms with Crippen LogP contribution < -0.4 is 0 Å². The van der Waals surface area contributed by atoms with Gasteiger partial charge < -0.3 is 0 Å². The summed E-state index contributed by atoms with van der Waals surface area (Å²) in [5.41, 5.74) is 3.19. The third-order valence-corrected chi connectivity index (χ3v) is 3.21. The molecule has 0 spiro atoms. The molecular weight excluding hydrogens is 232 g/mol. The van der Waals surface area contributed by atoms with Crippen LogP contribution in [0.3, 0.4) is 0 Å². The lowest BCUT2D eigenvalue weighted by Gasteiger charge is -2.11. The first kappa shape index (κ1) is 11.8. The van der Waals surface area contributed by atoms with E-state index in [1.807, 2.05) is 42.5 Å². The highest BCUT2D eigenvalue weighted by molar-refractivity contribution is 5.83. The smallest absolute Gasteiger partial charge is 0.160 e. The summed E-state index contributed by atoms with van der Waals surface area (Å²) in [6, 6.07) is 18.4. The Labute approximate surface area is 113 Å². The minimum Gasteiger partial charge on any atom is -0.232 e. The predicted molar refractivity (Wildman–Crippen MR) is 79.1 cm³/mol. The lowest BCUT2D eigenvalue weighted by molar-refractivity contribution is 0.831. The molecule has 0 aliphatic heterocycles. The Balaban J connectivity index is 2.28. The van der Waals surface area contributed by atoms with Crippen molar-refractivity contribution in [3.63, 3.8) is 0 Å². The molecular formula is C17H16N2. The molecule has 0 radical (unpaired) electrons. The van der Waals surface area contributed by atoms with E-state index >= 15 is 0 Å². The Morgan fingerprint density at radius 1 is 0.789 bits per heavy atom. The maximum Gasteiger partial charge on any atom is 0.160 e. The quantitative estimate of drug-likeness (QED) is 0.671. The van der Waals surface area contributed by atoms with Crippen molar-refractivity contribution in [3.8, 4) is 11.4 Å². The predicted octanol–water partition coefficient (Wildman–Crippen LogP) is 4.42. The fourth-order valence-corrected chi connectivity index (χ4v) is 2.26. The van der Waals surface area contributed by atoms with Crippen molar-refractivity contribution >= 4 is 10.9 Å². The summed E-state index contributed by atoms with van der Waals surface area (Å²) in [5.74, 6) is 1.19. The highest BCUT2D eigenvalue weighted by Crippen LogP contribution is 2.25. The molecule has 1 aromatic heterocycles. The van der Waals surface area contributed by atoms with Gasteiger partial charge in [0.2, 0.25) is 0 Å². The van der Waals surface area contributed by atoms with E-state index in [2.05, 4.69) is 31.0 Å². The molecule has 0 saturated heterocycles. The zero-order valence-electron chi connectivity index (χ0n) is 11.2. The summed E-state index contributed by atoms with van der Waals surface area (Å²) < 4.78 is 0. The first-order valence-electron chi connectivity index (χ1n) is 6.58. The number of rotatable bonds is 2. The zero-order chi connectivity index (χ0) is 13.2. The minimum absolute atomic E-state index is 0.385. The van der Waals surface area contributed by atoms with Gasteiger partial charge in [-0.3, -0.25) is 0 Å². The van der Waals surface area contributed by atoms with Gasteiger partial charge in [0.15, 0.2) is 5.82 Å². The van der Waals surface area contributed by atoms with E-state index < -0.39 is 0 Å². The van der Waals surface area contributed by atoms with Gasteiger partial charge in [-0.2, -0.15) is 0 Å². The molecule has 19 heavy (non-hydrogen) atoms. The van der Waals surface area contributed by atoms with Crippen LogP contribution in [0.5, 0.6) is 0 Å². The summed E-state index contributed by atoms with van der Waals surface area (Å²) in [5, 5.41) is 1.15. The molecule has 94 valence electrons. The van der Waals surface area contributed by atoms with E-state index in [9.17, 15) is 0 Å². The van der Waals surface area contributed by atoms with E-state index in [4.69, 9.17) is 4.98 Å². The molecule has 0 bridgehead atoms. The van der Waals surface area contributed by atoms with Crippen LogP contribution in [0.1, 0.15) is 25.5 Å². The standard InChI is InChI=1S/C17H16N2/c1-12(2)16-14-10-6-7-11-15(14)18-17(19-16)13-8-4-3-5-9-13/h3-12H,1-2H3. The van der Waals surface area contributed by atoms with E-state index in [0.29, 0.717) is 5.92 Å². The fraction of sp³-hybridized carbons (Fsp3) is 0.176. The van der Waals surface area contributed by atoms with Crippen LogP contribution in [0.15, 0.2) is 54.6 Å². The average molecular weight is 248 g/mol. The van der Waals surface area contributed by atoms with Crippen molar-refractivity contribution in [1.82, 2.24) is 9.97 Å². The fourth-order valence-electron chi connectivity index (χ4n) is 2.26. The van der Waals surface area contributed by atoms with Gasteiger partial charge in [0, 0.05) is 10.9 Å². The van der Waals surface area contributed by atoms with E-state index in [1.165, 1.54) is 0 Å². The monoisotopic (exact) mass is 248 g/mol. The molecule has 1 heterocycles. The van der Waals surface area contributed by atoms with Crippen molar-refractivity contribution < 1.29 is 0 Å². The number of benzene rings is 2. The Bertz CT molecular complexity index is 703. The van der Waals surface area contributed by atoms with Crippen molar-refractivity contribution in [1.29, 1.82) is 0 Å². The molecule has 0 aliphatic carbocycles. The maximum atomic E-state index is 4.76. The van der Waals surface area contributed by atoms with Crippen molar-refractivity contribution in [2.45, 2.75) is 19.8 Å². The van der Waals surface area contributed by atoms with E-state index in [0.717, 1.165) is 28.0 Å². The number of hydrogen-bond acceptors (Lipinski definition) is 2. The Morgan fingerprint density at radius 3 is 2.21 bits per heavy atom. The summed E-state index contributed by atoms with van der Waals surface area (Å²) in [4.78, 5) is 9.44. The van der Waals surface area contributed by atoms with E-state index in [-0.39, 0.29) is 0 Å². The summed E-state index contributed by atoms with van der Waals surface area (Å²) >= 11 is 0. The second kappa shape index (κ2) is 4.81. The topological polar surface area (TPSA) is 25.8 Å². The van der Waals surface area contributed by atoms with Crippen LogP contribution >= 0.6 is 0 Å². The number of nitrogens with zero attached hydrogens (tertiary/aromatic N) is 2. The normalized spacial score (nSPS) is 11.1. The lowest BCUT2D eigenvalue weighted by Crippen LogP contribution is -1.99. The van der Waals surface area contributed by atoms with Gasteiger partial charge >= 0.3 is 0 Å². The minimum atomic E-state index is 0.385. The molecule has 0 N–H and O–H groups in total. The number of fused-ring (bicyclic) bond motifs is 1. The summed E-state index contributed by atoms with van der Waals surface area (Å²) in [6.07, 6.45) is 0. The Morgan fingerprint density at radius 2 is 1.47 bits per heavy atom. The number of aromatic nitrogens is 2. The summed E-state index contributed by atoms with van der Waals surface area (Å²) in [6.45, 7) is 4.34. The van der Waals surface area contributed by atoms with Gasteiger partial charge in [0.25, 0.3) is 0 Å². The van der Waals surface area contributed by atoms with Gasteiger partial charge in [-0.1, -0.05) is 62.4 Å². The van der Waals surface area contributed by atoms with Gasteiger partial charge in [-0.05, 0) is 12.0 Å². The Kier molecular flexibility index (Phi) is 3.00.